The fourth-order valence-corrected chi connectivity index (χ4v) is 2.59. The second-order valence-electron chi connectivity index (χ2n) is 4.15. The molecule has 2 rings (SSSR count). The van der Waals surface area contributed by atoms with Crippen LogP contribution in [0.3, 0.4) is 0 Å². The van der Waals surface area contributed by atoms with Gasteiger partial charge in [-0.25, -0.2) is 0 Å². The highest BCUT2D eigenvalue weighted by atomic mass is 35.5. The Bertz CT molecular complexity index is 484. The molecule has 0 amide bonds. The van der Waals surface area contributed by atoms with Crippen LogP contribution in [0, 0.1) is 6.92 Å². The molecule has 0 radical (unpaired) electrons. The smallest absolute Gasteiger partial charge is 0.315 e. The molecule has 1 saturated carbocycles. The van der Waals surface area contributed by atoms with E-state index in [1.807, 2.05) is 0 Å². The molecule has 86 valence electrons. The van der Waals surface area contributed by atoms with Gasteiger partial charge in [-0.3, -0.25) is 14.3 Å². The van der Waals surface area contributed by atoms with Crippen LogP contribution >= 0.6 is 11.6 Å². The number of carboxylic acids is 1. The number of aryl methyl sites for hydroxylation is 2. The van der Waals surface area contributed by atoms with Crippen LogP contribution in [0.2, 0.25) is 5.15 Å². The number of nitrogens with zero attached hydrogens (tertiary/aromatic N) is 2. The van der Waals surface area contributed by atoms with Crippen LogP contribution in [0.15, 0.2) is 0 Å². The lowest BCUT2D eigenvalue weighted by atomic mass is 9.63. The molecular formula is C10H11ClN2O3. The van der Waals surface area contributed by atoms with Crippen molar-refractivity contribution >= 4 is 23.4 Å². The van der Waals surface area contributed by atoms with Crippen molar-refractivity contribution in [1.82, 2.24) is 9.78 Å². The number of carboxylic acid groups (broad SMARTS) is 1. The predicted molar refractivity (Wildman–Crippen MR) is 56.5 cm³/mol. The minimum absolute atomic E-state index is 0.00852. The number of rotatable bonds is 2. The Balaban J connectivity index is 2.57. The first-order valence-corrected chi connectivity index (χ1v) is 5.21. The Labute approximate surface area is 97.0 Å². The Kier molecular flexibility index (Phi) is 2.31. The Hall–Kier alpha value is -1.36. The number of hydrogen-bond acceptors (Lipinski definition) is 3. The number of halogens is 1. The molecule has 0 saturated heterocycles. The zero-order valence-electron chi connectivity index (χ0n) is 8.95. The van der Waals surface area contributed by atoms with Crippen molar-refractivity contribution in [2.75, 3.05) is 0 Å². The molecule has 1 aliphatic rings. The molecule has 0 aliphatic heterocycles. The van der Waals surface area contributed by atoms with E-state index in [1.54, 1.807) is 14.0 Å². The number of aliphatic carboxylic acids is 1. The van der Waals surface area contributed by atoms with Gasteiger partial charge in [0, 0.05) is 25.5 Å². The van der Waals surface area contributed by atoms with Crippen LogP contribution < -0.4 is 0 Å². The fourth-order valence-electron chi connectivity index (χ4n) is 2.23. The van der Waals surface area contributed by atoms with Crippen LogP contribution in [-0.4, -0.2) is 26.6 Å². The lowest BCUT2D eigenvalue weighted by molar-refractivity contribution is -0.153. The van der Waals surface area contributed by atoms with E-state index in [1.165, 1.54) is 4.68 Å². The third-order valence-corrected chi connectivity index (χ3v) is 3.47. The maximum absolute atomic E-state index is 11.3. The van der Waals surface area contributed by atoms with E-state index < -0.39 is 11.4 Å². The summed E-state index contributed by atoms with van der Waals surface area (Å²) in [5.74, 6) is -1.06. The molecule has 0 bridgehead atoms. The molecule has 1 heterocycles. The van der Waals surface area contributed by atoms with Gasteiger partial charge in [-0.15, -0.1) is 0 Å². The first-order chi connectivity index (χ1) is 7.38. The van der Waals surface area contributed by atoms with Crippen molar-refractivity contribution in [2.24, 2.45) is 7.05 Å². The van der Waals surface area contributed by atoms with Crippen molar-refractivity contribution in [1.29, 1.82) is 0 Å². The van der Waals surface area contributed by atoms with Gasteiger partial charge in [-0.2, -0.15) is 5.10 Å². The number of carbonyl (C=O) groups is 2. The van der Waals surface area contributed by atoms with Crippen molar-refractivity contribution in [3.63, 3.8) is 0 Å². The molecule has 5 nitrogen and oxygen atoms in total. The van der Waals surface area contributed by atoms with Crippen LogP contribution in [0.4, 0.5) is 0 Å². The van der Waals surface area contributed by atoms with Crippen molar-refractivity contribution in [3.05, 3.63) is 16.4 Å². The monoisotopic (exact) mass is 242 g/mol. The van der Waals surface area contributed by atoms with Gasteiger partial charge < -0.3 is 5.11 Å². The molecule has 1 aromatic heterocycles. The Morgan fingerprint density at radius 3 is 2.44 bits per heavy atom. The zero-order chi connectivity index (χ0) is 12.1. The molecule has 1 aliphatic carbocycles. The van der Waals surface area contributed by atoms with E-state index in [4.69, 9.17) is 11.6 Å². The molecule has 6 heteroatoms. The molecule has 1 fully saturated rings. The number of Topliss-reactive ketones (excluding diaryl/α,β-unsaturated/α-hetero) is 1. The standard InChI is InChI=1S/C10H11ClN2O3/c1-5-7(8(11)13(2)12-5)10(9(15)16)3-6(14)4-10/h3-4H2,1-2H3,(H,15,16). The topological polar surface area (TPSA) is 72.2 Å². The molecule has 0 atom stereocenters. The molecular weight excluding hydrogens is 232 g/mol. The van der Waals surface area contributed by atoms with Gasteiger partial charge in [-0.1, -0.05) is 11.6 Å². The van der Waals surface area contributed by atoms with Crippen molar-refractivity contribution in [3.8, 4) is 0 Å². The van der Waals surface area contributed by atoms with Gasteiger partial charge in [0.05, 0.1) is 5.69 Å². The quantitative estimate of drug-likeness (QED) is 0.842. The Morgan fingerprint density at radius 2 is 2.12 bits per heavy atom. The summed E-state index contributed by atoms with van der Waals surface area (Å²) >= 11 is 6.03. The highest BCUT2D eigenvalue weighted by molar-refractivity contribution is 6.31. The largest absolute Gasteiger partial charge is 0.481 e. The molecule has 1 aromatic rings. The molecule has 1 N–H and O–H groups in total. The number of aromatic nitrogens is 2. The summed E-state index contributed by atoms with van der Waals surface area (Å²) in [5, 5.41) is 13.6. The van der Waals surface area contributed by atoms with Gasteiger partial charge in [0.25, 0.3) is 0 Å². The van der Waals surface area contributed by atoms with Gasteiger partial charge in [0.2, 0.25) is 0 Å². The maximum Gasteiger partial charge on any atom is 0.315 e. The Morgan fingerprint density at radius 1 is 1.56 bits per heavy atom. The van der Waals surface area contributed by atoms with Gasteiger partial charge in [-0.05, 0) is 6.92 Å². The lowest BCUT2D eigenvalue weighted by Gasteiger charge is -2.36. The molecule has 0 unspecified atom stereocenters. The second kappa shape index (κ2) is 3.31. The van der Waals surface area contributed by atoms with Crippen LogP contribution in [-0.2, 0) is 22.1 Å². The zero-order valence-corrected chi connectivity index (χ0v) is 9.71. The second-order valence-corrected chi connectivity index (χ2v) is 4.51. The summed E-state index contributed by atoms with van der Waals surface area (Å²) in [7, 11) is 1.65. The normalized spacial score (nSPS) is 18.3. The van der Waals surface area contributed by atoms with E-state index in [0.29, 0.717) is 16.4 Å². The van der Waals surface area contributed by atoms with Gasteiger partial charge >= 0.3 is 5.97 Å². The van der Waals surface area contributed by atoms with E-state index in [0.717, 1.165) is 0 Å². The van der Waals surface area contributed by atoms with E-state index in [9.17, 15) is 14.7 Å². The third-order valence-electron chi connectivity index (χ3n) is 3.04. The maximum atomic E-state index is 11.3. The highest BCUT2D eigenvalue weighted by Crippen LogP contribution is 2.45. The molecule has 0 spiro atoms. The SMILES string of the molecule is Cc1nn(C)c(Cl)c1C1(C(=O)O)CC(=O)C1. The molecule has 16 heavy (non-hydrogen) atoms. The summed E-state index contributed by atoms with van der Waals surface area (Å²) in [4.78, 5) is 22.4. The van der Waals surface area contributed by atoms with Gasteiger partial charge in [0.15, 0.2) is 0 Å². The van der Waals surface area contributed by atoms with Crippen molar-refractivity contribution in [2.45, 2.75) is 25.2 Å². The predicted octanol–water partition coefficient (Wildman–Crippen LogP) is 1.07. The minimum atomic E-state index is -1.16. The average Bonchev–Trinajstić information content (AvgIpc) is 2.36. The van der Waals surface area contributed by atoms with Gasteiger partial charge in [0.1, 0.15) is 16.4 Å². The number of carbonyl (C=O) groups excluding carboxylic acids is 1. The first kappa shape index (κ1) is 11.1. The van der Waals surface area contributed by atoms with E-state index >= 15 is 0 Å². The summed E-state index contributed by atoms with van der Waals surface area (Å²) < 4.78 is 1.43. The summed E-state index contributed by atoms with van der Waals surface area (Å²) in [6, 6.07) is 0. The number of ketones is 1. The van der Waals surface area contributed by atoms with E-state index in [2.05, 4.69) is 5.10 Å². The summed E-state index contributed by atoms with van der Waals surface area (Å²) in [6.07, 6.45) is 0.0170. The summed E-state index contributed by atoms with van der Waals surface area (Å²) in [6.45, 7) is 1.70. The van der Waals surface area contributed by atoms with E-state index in [-0.39, 0.29) is 18.6 Å². The lowest BCUT2D eigenvalue weighted by Crippen LogP contribution is -2.48. The van der Waals surface area contributed by atoms with Crippen molar-refractivity contribution < 1.29 is 14.7 Å². The highest BCUT2D eigenvalue weighted by Gasteiger charge is 2.54. The minimum Gasteiger partial charge on any atom is -0.481 e. The van der Waals surface area contributed by atoms with Crippen LogP contribution in [0.25, 0.3) is 0 Å². The number of hydrogen-bond donors (Lipinski definition) is 1. The van der Waals surface area contributed by atoms with Crippen LogP contribution in [0.5, 0.6) is 0 Å². The first-order valence-electron chi connectivity index (χ1n) is 4.83. The average molecular weight is 243 g/mol. The fraction of sp³-hybridized carbons (Fsp3) is 0.500. The van der Waals surface area contributed by atoms with Crippen LogP contribution in [0.1, 0.15) is 24.1 Å². The molecule has 0 aromatic carbocycles. The summed E-state index contributed by atoms with van der Waals surface area (Å²) in [5.41, 5.74) is -0.113. The third kappa shape index (κ3) is 1.28.